The number of anilines is 1. The molecule has 6 nitrogen and oxygen atoms in total. The first kappa shape index (κ1) is 13.4. The molecule has 0 unspecified atom stereocenters. The minimum absolute atomic E-state index is 0.0589. The third-order valence-electron chi connectivity index (χ3n) is 4.49. The molecule has 110 valence electrons. The number of aromatic amines is 1. The number of hydrogen-bond acceptors (Lipinski definition) is 4. The van der Waals surface area contributed by atoms with E-state index in [0.717, 1.165) is 12.8 Å². The SMILES string of the molecule is C[C@H](Nc1nc(=O)n(C2CC2)c(=O)[nH]1)C1CCCCC1. The first-order valence-corrected chi connectivity index (χ1v) is 7.64. The fraction of sp³-hybridized carbons (Fsp3) is 0.786. The Morgan fingerprint density at radius 2 is 1.90 bits per heavy atom. The molecule has 1 atom stereocenters. The van der Waals surface area contributed by atoms with Gasteiger partial charge in [-0.2, -0.15) is 4.98 Å². The van der Waals surface area contributed by atoms with Gasteiger partial charge in [0.05, 0.1) is 0 Å². The smallest absolute Gasteiger partial charge is 0.353 e. The molecule has 1 aromatic rings. The summed E-state index contributed by atoms with van der Waals surface area (Å²) in [5, 5.41) is 3.20. The molecule has 3 rings (SSSR count). The van der Waals surface area contributed by atoms with Crippen LogP contribution < -0.4 is 16.7 Å². The number of H-pyrrole nitrogens is 1. The lowest BCUT2D eigenvalue weighted by molar-refractivity contribution is 0.327. The maximum absolute atomic E-state index is 11.9. The average molecular weight is 278 g/mol. The molecule has 0 aliphatic heterocycles. The van der Waals surface area contributed by atoms with Gasteiger partial charge in [-0.15, -0.1) is 0 Å². The zero-order valence-electron chi connectivity index (χ0n) is 11.9. The lowest BCUT2D eigenvalue weighted by Crippen LogP contribution is -2.39. The summed E-state index contributed by atoms with van der Waals surface area (Å²) in [5.74, 6) is 0.912. The molecule has 20 heavy (non-hydrogen) atoms. The fourth-order valence-corrected chi connectivity index (χ4v) is 3.12. The van der Waals surface area contributed by atoms with Gasteiger partial charge in [0, 0.05) is 12.1 Å². The van der Waals surface area contributed by atoms with E-state index >= 15 is 0 Å². The fourth-order valence-electron chi connectivity index (χ4n) is 3.12. The van der Waals surface area contributed by atoms with Crippen molar-refractivity contribution < 1.29 is 0 Å². The molecule has 0 aromatic carbocycles. The first-order chi connectivity index (χ1) is 9.65. The van der Waals surface area contributed by atoms with Crippen LogP contribution in [0, 0.1) is 5.92 Å². The molecule has 0 saturated heterocycles. The number of nitrogens with one attached hydrogen (secondary N) is 2. The van der Waals surface area contributed by atoms with Crippen LogP contribution in [0.4, 0.5) is 5.95 Å². The largest absolute Gasteiger partial charge is 0.355 e. The van der Waals surface area contributed by atoms with Crippen molar-refractivity contribution in [1.29, 1.82) is 0 Å². The Morgan fingerprint density at radius 3 is 2.50 bits per heavy atom. The Kier molecular flexibility index (Phi) is 3.63. The highest BCUT2D eigenvalue weighted by atomic mass is 16.2. The highest BCUT2D eigenvalue weighted by Gasteiger charge is 2.28. The topological polar surface area (TPSA) is 79.8 Å². The molecule has 0 bridgehead atoms. The standard InChI is InChI=1S/C14H22N4O2/c1-9(10-5-3-2-4-6-10)15-12-16-13(19)18(11-7-8-11)14(20)17-12/h9-11H,2-8H2,1H3,(H2,15,16,17,19,20)/t9-/m0/s1. The Bertz CT molecular complexity index is 550. The maximum Gasteiger partial charge on any atom is 0.355 e. The molecule has 0 amide bonds. The summed E-state index contributed by atoms with van der Waals surface area (Å²) in [6, 6.07) is 0.290. The summed E-state index contributed by atoms with van der Waals surface area (Å²) in [5.41, 5.74) is -0.777. The Labute approximate surface area is 117 Å². The molecule has 2 aliphatic rings. The van der Waals surface area contributed by atoms with Gasteiger partial charge in [0.15, 0.2) is 0 Å². The number of aromatic nitrogens is 3. The second kappa shape index (κ2) is 5.42. The predicted molar refractivity (Wildman–Crippen MR) is 77.0 cm³/mol. The predicted octanol–water partition coefficient (Wildman–Crippen LogP) is 1.65. The van der Waals surface area contributed by atoms with E-state index in [1.807, 2.05) is 0 Å². The highest BCUT2D eigenvalue weighted by molar-refractivity contribution is 5.23. The van der Waals surface area contributed by atoms with Crippen LogP contribution >= 0.6 is 0 Å². The third-order valence-corrected chi connectivity index (χ3v) is 4.49. The summed E-state index contributed by atoms with van der Waals surface area (Å²) >= 11 is 0. The van der Waals surface area contributed by atoms with Crippen molar-refractivity contribution in [2.24, 2.45) is 5.92 Å². The Morgan fingerprint density at radius 1 is 1.20 bits per heavy atom. The van der Waals surface area contributed by atoms with Gasteiger partial charge in [-0.05, 0) is 38.5 Å². The molecule has 0 spiro atoms. The minimum atomic E-state index is -0.436. The van der Waals surface area contributed by atoms with E-state index in [9.17, 15) is 9.59 Å². The van der Waals surface area contributed by atoms with Crippen LogP contribution in [-0.2, 0) is 0 Å². The molecule has 2 fully saturated rings. The van der Waals surface area contributed by atoms with E-state index in [-0.39, 0.29) is 17.8 Å². The summed E-state index contributed by atoms with van der Waals surface area (Å²) in [6.07, 6.45) is 8.06. The van der Waals surface area contributed by atoms with E-state index in [1.165, 1.54) is 36.7 Å². The van der Waals surface area contributed by atoms with Crippen molar-refractivity contribution in [3.05, 3.63) is 21.0 Å². The van der Waals surface area contributed by atoms with Crippen molar-refractivity contribution in [3.63, 3.8) is 0 Å². The second-order valence-corrected chi connectivity index (χ2v) is 6.11. The summed E-state index contributed by atoms with van der Waals surface area (Å²) in [7, 11) is 0. The molecule has 6 heteroatoms. The van der Waals surface area contributed by atoms with Crippen LogP contribution in [0.3, 0.4) is 0 Å². The van der Waals surface area contributed by atoms with Crippen LogP contribution in [-0.4, -0.2) is 20.6 Å². The zero-order valence-corrected chi connectivity index (χ0v) is 11.9. The van der Waals surface area contributed by atoms with Crippen LogP contribution in [0.1, 0.15) is 57.9 Å². The van der Waals surface area contributed by atoms with E-state index in [0.29, 0.717) is 11.9 Å². The lowest BCUT2D eigenvalue weighted by atomic mass is 9.85. The van der Waals surface area contributed by atoms with Gasteiger partial charge >= 0.3 is 11.4 Å². The molecule has 2 aliphatic carbocycles. The lowest BCUT2D eigenvalue weighted by Gasteiger charge is -2.28. The minimum Gasteiger partial charge on any atom is -0.353 e. The average Bonchev–Trinajstić information content (AvgIpc) is 3.23. The van der Waals surface area contributed by atoms with Gasteiger partial charge in [-0.25, -0.2) is 14.2 Å². The van der Waals surface area contributed by atoms with Gasteiger partial charge in [-0.1, -0.05) is 19.3 Å². The van der Waals surface area contributed by atoms with Crippen molar-refractivity contribution in [1.82, 2.24) is 14.5 Å². The second-order valence-electron chi connectivity index (χ2n) is 6.11. The van der Waals surface area contributed by atoms with Gasteiger partial charge in [0.2, 0.25) is 5.95 Å². The molecule has 2 N–H and O–H groups in total. The van der Waals surface area contributed by atoms with Gasteiger partial charge in [-0.3, -0.25) is 4.98 Å². The highest BCUT2D eigenvalue weighted by Crippen LogP contribution is 2.32. The first-order valence-electron chi connectivity index (χ1n) is 7.64. The van der Waals surface area contributed by atoms with Crippen LogP contribution in [0.2, 0.25) is 0 Å². The van der Waals surface area contributed by atoms with E-state index in [2.05, 4.69) is 22.2 Å². The van der Waals surface area contributed by atoms with Crippen LogP contribution in [0.15, 0.2) is 9.59 Å². The molecular weight excluding hydrogens is 256 g/mol. The monoisotopic (exact) mass is 278 g/mol. The summed E-state index contributed by atoms with van der Waals surface area (Å²) < 4.78 is 1.23. The third kappa shape index (κ3) is 2.78. The number of nitrogens with zero attached hydrogens (tertiary/aromatic N) is 2. The van der Waals surface area contributed by atoms with Crippen molar-refractivity contribution in [2.45, 2.75) is 64.0 Å². The van der Waals surface area contributed by atoms with Crippen molar-refractivity contribution in [2.75, 3.05) is 5.32 Å². The van der Waals surface area contributed by atoms with Gasteiger partial charge in [0.25, 0.3) is 0 Å². The molecule has 1 heterocycles. The number of hydrogen-bond donors (Lipinski definition) is 2. The van der Waals surface area contributed by atoms with Gasteiger partial charge in [0.1, 0.15) is 0 Å². The maximum atomic E-state index is 11.9. The molecule has 1 aromatic heterocycles. The Balaban J connectivity index is 1.74. The van der Waals surface area contributed by atoms with Gasteiger partial charge < -0.3 is 5.32 Å². The summed E-state index contributed by atoms with van der Waals surface area (Å²) in [6.45, 7) is 2.10. The number of rotatable bonds is 4. The van der Waals surface area contributed by atoms with E-state index < -0.39 is 5.69 Å². The molecular formula is C14H22N4O2. The molecule has 2 saturated carbocycles. The van der Waals surface area contributed by atoms with Crippen LogP contribution in [0.5, 0.6) is 0 Å². The van der Waals surface area contributed by atoms with E-state index in [4.69, 9.17) is 0 Å². The Hall–Kier alpha value is -1.59. The normalized spacial score (nSPS) is 21.6. The quantitative estimate of drug-likeness (QED) is 0.877. The zero-order chi connectivity index (χ0) is 14.1. The van der Waals surface area contributed by atoms with Crippen LogP contribution in [0.25, 0.3) is 0 Å². The van der Waals surface area contributed by atoms with Crippen molar-refractivity contribution >= 4 is 5.95 Å². The molecule has 0 radical (unpaired) electrons. The summed E-state index contributed by atoms with van der Waals surface area (Å²) in [4.78, 5) is 30.5. The van der Waals surface area contributed by atoms with E-state index in [1.54, 1.807) is 0 Å². The van der Waals surface area contributed by atoms with Crippen molar-refractivity contribution in [3.8, 4) is 0 Å².